The summed E-state index contributed by atoms with van der Waals surface area (Å²) in [6.07, 6.45) is -10.6. The number of hydrogen-bond donors (Lipinski definition) is 4. The summed E-state index contributed by atoms with van der Waals surface area (Å²) in [6, 6.07) is 0. The van der Waals surface area contributed by atoms with Gasteiger partial charge in [0.25, 0.3) is 0 Å². The normalized spacial score (nSPS) is 13.4. The molecule has 11 heteroatoms. The maximum atomic E-state index is 12.6. The molecular weight excluding hydrogens is 309 g/mol. The average molecular weight is 322 g/mol. The zero-order valence-corrected chi connectivity index (χ0v) is 10.5. The van der Waals surface area contributed by atoms with Crippen LogP contribution in [0.2, 0.25) is 0 Å². The summed E-state index contributed by atoms with van der Waals surface area (Å²) in [4.78, 5) is 0. The highest BCUT2D eigenvalue weighted by molar-refractivity contribution is 6.42. The largest absolute Gasteiger partial charge is 0.453 e. The highest BCUT2D eigenvalue weighted by Crippen LogP contribution is 2.37. The molecule has 0 aliphatic rings. The van der Waals surface area contributed by atoms with Crippen molar-refractivity contribution in [2.45, 2.75) is 31.4 Å². The molecule has 0 unspecified atom stereocenters. The SMILES string of the molecule is N=C(N)C(=N)/C=C(/CC(F)F)NCCC(F)(F)C(F)(F)F. The highest BCUT2D eigenvalue weighted by atomic mass is 19.4. The Morgan fingerprint density at radius 2 is 1.67 bits per heavy atom. The molecule has 0 rings (SSSR count). The standard InChI is InChI=1S/C10H13F7N4/c11-7(12)4-5(3-6(18)8(19)20)21-2-1-9(13,14)10(15,16)17/h3,7,18,21H,1-2,4H2,(H3,19,20)/b5-3-,18-6?. The van der Waals surface area contributed by atoms with Gasteiger partial charge in [-0.05, 0) is 6.08 Å². The molecule has 4 nitrogen and oxygen atoms in total. The van der Waals surface area contributed by atoms with Gasteiger partial charge in [0.15, 0.2) is 0 Å². The Kier molecular flexibility index (Phi) is 6.64. The van der Waals surface area contributed by atoms with Crippen LogP contribution in [0.1, 0.15) is 12.8 Å². The first-order chi connectivity index (χ1) is 9.36. The Hall–Kier alpha value is -1.81. The second-order valence-electron chi connectivity index (χ2n) is 3.97. The lowest BCUT2D eigenvalue weighted by atomic mass is 10.2. The third-order valence-corrected chi connectivity index (χ3v) is 2.19. The molecule has 0 amide bonds. The molecule has 0 heterocycles. The van der Waals surface area contributed by atoms with Gasteiger partial charge in [-0.1, -0.05) is 0 Å². The van der Waals surface area contributed by atoms with Crippen LogP contribution >= 0.6 is 0 Å². The third kappa shape index (κ3) is 6.95. The number of nitrogens with one attached hydrogen (secondary N) is 3. The van der Waals surface area contributed by atoms with Crippen molar-refractivity contribution in [3.63, 3.8) is 0 Å². The van der Waals surface area contributed by atoms with Crippen molar-refractivity contribution < 1.29 is 30.7 Å². The minimum absolute atomic E-state index is 0.455. The number of alkyl halides is 7. The molecule has 122 valence electrons. The zero-order valence-electron chi connectivity index (χ0n) is 10.5. The van der Waals surface area contributed by atoms with Crippen LogP contribution in [0, 0.1) is 10.8 Å². The molecule has 0 bridgehead atoms. The zero-order chi connectivity index (χ0) is 16.8. The Labute approximate surface area is 115 Å². The molecule has 0 aliphatic carbocycles. The Balaban J connectivity index is 4.72. The van der Waals surface area contributed by atoms with E-state index in [2.05, 4.69) is 0 Å². The van der Waals surface area contributed by atoms with Gasteiger partial charge in [-0.2, -0.15) is 22.0 Å². The van der Waals surface area contributed by atoms with Crippen molar-refractivity contribution >= 4 is 11.5 Å². The van der Waals surface area contributed by atoms with Crippen molar-refractivity contribution in [2.75, 3.05) is 6.54 Å². The smallest absolute Gasteiger partial charge is 0.388 e. The van der Waals surface area contributed by atoms with Crippen molar-refractivity contribution in [3.05, 3.63) is 11.8 Å². The third-order valence-electron chi connectivity index (χ3n) is 2.19. The number of rotatable bonds is 8. The van der Waals surface area contributed by atoms with Crippen molar-refractivity contribution in [3.8, 4) is 0 Å². The van der Waals surface area contributed by atoms with E-state index in [-0.39, 0.29) is 0 Å². The molecule has 0 aliphatic heterocycles. The highest BCUT2D eigenvalue weighted by Gasteiger charge is 2.56. The Morgan fingerprint density at radius 3 is 2.05 bits per heavy atom. The van der Waals surface area contributed by atoms with Gasteiger partial charge in [0.05, 0.1) is 5.71 Å². The predicted molar refractivity (Wildman–Crippen MR) is 62.0 cm³/mol. The summed E-state index contributed by atoms with van der Waals surface area (Å²) < 4.78 is 85.3. The molecule has 21 heavy (non-hydrogen) atoms. The predicted octanol–water partition coefficient (Wildman–Crippen LogP) is 2.66. The van der Waals surface area contributed by atoms with Crippen LogP contribution in [0.5, 0.6) is 0 Å². The summed E-state index contributed by atoms with van der Waals surface area (Å²) in [6.45, 7) is -0.934. The topological polar surface area (TPSA) is 85.8 Å². The van der Waals surface area contributed by atoms with Crippen LogP contribution in [0.25, 0.3) is 0 Å². The van der Waals surface area contributed by atoms with E-state index in [0.717, 1.165) is 0 Å². The number of nitrogens with two attached hydrogens (primary N) is 1. The fourth-order valence-electron chi connectivity index (χ4n) is 1.12. The molecular formula is C10H13F7N4. The maximum absolute atomic E-state index is 12.6. The van der Waals surface area contributed by atoms with E-state index in [4.69, 9.17) is 16.6 Å². The van der Waals surface area contributed by atoms with Crippen LogP contribution in [-0.4, -0.2) is 36.6 Å². The number of allylic oxidation sites excluding steroid dienone is 1. The molecule has 0 spiro atoms. The van der Waals surface area contributed by atoms with Crippen LogP contribution in [0.15, 0.2) is 11.8 Å². The van der Waals surface area contributed by atoms with E-state index in [1.54, 1.807) is 0 Å². The van der Waals surface area contributed by atoms with Crippen LogP contribution in [0.3, 0.4) is 0 Å². The molecule has 0 saturated carbocycles. The van der Waals surface area contributed by atoms with Gasteiger partial charge < -0.3 is 11.1 Å². The van der Waals surface area contributed by atoms with Gasteiger partial charge in [0.2, 0.25) is 6.43 Å². The number of halogens is 7. The summed E-state index contributed by atoms with van der Waals surface area (Å²) in [5.74, 6) is -5.71. The quantitative estimate of drug-likeness (QED) is 0.315. The van der Waals surface area contributed by atoms with E-state index in [1.165, 1.54) is 0 Å². The van der Waals surface area contributed by atoms with Gasteiger partial charge >= 0.3 is 12.1 Å². The fourth-order valence-corrected chi connectivity index (χ4v) is 1.12. The minimum Gasteiger partial charge on any atom is -0.388 e. The Morgan fingerprint density at radius 1 is 1.14 bits per heavy atom. The summed E-state index contributed by atoms with van der Waals surface area (Å²) in [7, 11) is 0. The summed E-state index contributed by atoms with van der Waals surface area (Å²) in [5, 5.41) is 16.0. The molecule has 0 fully saturated rings. The van der Waals surface area contributed by atoms with Crippen LogP contribution in [-0.2, 0) is 0 Å². The molecule has 5 N–H and O–H groups in total. The fraction of sp³-hybridized carbons (Fsp3) is 0.600. The second-order valence-corrected chi connectivity index (χ2v) is 3.97. The number of hydrogen-bond acceptors (Lipinski definition) is 3. The van der Waals surface area contributed by atoms with E-state index >= 15 is 0 Å². The molecule has 0 saturated heterocycles. The van der Waals surface area contributed by atoms with E-state index < -0.39 is 55.2 Å². The first-order valence-electron chi connectivity index (χ1n) is 5.47. The van der Waals surface area contributed by atoms with Crippen LogP contribution < -0.4 is 11.1 Å². The van der Waals surface area contributed by atoms with E-state index in [0.29, 0.717) is 6.08 Å². The minimum atomic E-state index is -5.73. The molecule has 0 atom stereocenters. The van der Waals surface area contributed by atoms with Gasteiger partial charge in [0, 0.05) is 25.1 Å². The first kappa shape index (κ1) is 19.2. The maximum Gasteiger partial charge on any atom is 0.453 e. The average Bonchev–Trinajstić information content (AvgIpc) is 2.25. The first-order valence-corrected chi connectivity index (χ1v) is 5.47. The second kappa shape index (κ2) is 7.27. The van der Waals surface area contributed by atoms with Crippen molar-refractivity contribution in [2.24, 2.45) is 5.73 Å². The molecule has 0 aromatic heterocycles. The van der Waals surface area contributed by atoms with E-state index in [9.17, 15) is 30.7 Å². The molecule has 0 radical (unpaired) electrons. The summed E-state index contributed by atoms with van der Waals surface area (Å²) >= 11 is 0. The van der Waals surface area contributed by atoms with Gasteiger partial charge in [0.1, 0.15) is 5.84 Å². The van der Waals surface area contributed by atoms with Gasteiger partial charge in [-0.15, -0.1) is 0 Å². The van der Waals surface area contributed by atoms with Gasteiger partial charge in [-0.3, -0.25) is 10.8 Å². The summed E-state index contributed by atoms with van der Waals surface area (Å²) in [5.41, 5.74) is 3.78. The van der Waals surface area contributed by atoms with Gasteiger partial charge in [-0.25, -0.2) is 8.78 Å². The lowest BCUT2D eigenvalue weighted by Crippen LogP contribution is -2.39. The van der Waals surface area contributed by atoms with E-state index in [1.807, 2.05) is 5.32 Å². The molecule has 0 aromatic carbocycles. The molecule has 0 aromatic rings. The lowest BCUT2D eigenvalue weighted by molar-refractivity contribution is -0.283. The lowest BCUT2D eigenvalue weighted by Gasteiger charge is -2.20. The monoisotopic (exact) mass is 322 g/mol. The van der Waals surface area contributed by atoms with Crippen LogP contribution in [0.4, 0.5) is 30.7 Å². The van der Waals surface area contributed by atoms with Crippen molar-refractivity contribution in [1.82, 2.24) is 5.32 Å². The van der Waals surface area contributed by atoms with Crippen molar-refractivity contribution in [1.29, 1.82) is 10.8 Å². The number of amidine groups is 1. The Bertz CT molecular complexity index is 414.